The van der Waals surface area contributed by atoms with Gasteiger partial charge in [-0.2, -0.15) is 5.06 Å². The Bertz CT molecular complexity index is 382. The first-order chi connectivity index (χ1) is 9.35. The first-order valence-electron chi connectivity index (χ1n) is 6.66. The third kappa shape index (κ3) is 8.91. The van der Waals surface area contributed by atoms with Crippen LogP contribution in [0.15, 0.2) is 12.7 Å². The van der Waals surface area contributed by atoms with Gasteiger partial charge in [0.15, 0.2) is 0 Å². The Morgan fingerprint density at radius 2 is 1.67 bits per heavy atom. The van der Waals surface area contributed by atoms with E-state index in [0.29, 0.717) is 5.06 Å². The molecule has 7 heteroatoms. The quantitative estimate of drug-likeness (QED) is 0.473. The molecule has 0 heterocycles. The summed E-state index contributed by atoms with van der Waals surface area (Å²) in [5, 5.41) is 12.6. The Hall–Kier alpha value is -1.76. The molecular formula is C14H26N2O5. The molecule has 0 rings (SSSR count). The van der Waals surface area contributed by atoms with E-state index in [-0.39, 0.29) is 6.54 Å². The first-order valence-corrected chi connectivity index (χ1v) is 6.66. The summed E-state index contributed by atoms with van der Waals surface area (Å²) in [6.45, 7) is 13.7. The van der Waals surface area contributed by atoms with Crippen molar-refractivity contribution >= 4 is 12.2 Å². The van der Waals surface area contributed by atoms with Gasteiger partial charge in [-0.15, -0.1) is 6.58 Å². The lowest BCUT2D eigenvalue weighted by Crippen LogP contribution is -2.46. The maximum Gasteiger partial charge on any atom is 0.434 e. The van der Waals surface area contributed by atoms with Crippen LogP contribution in [0.3, 0.4) is 0 Å². The number of hydrogen-bond acceptors (Lipinski definition) is 5. The van der Waals surface area contributed by atoms with Crippen molar-refractivity contribution < 1.29 is 24.3 Å². The van der Waals surface area contributed by atoms with E-state index in [1.54, 1.807) is 41.5 Å². The number of carbonyl (C=O) groups is 2. The smallest absolute Gasteiger partial charge is 0.434 e. The SMILES string of the molecule is C=CC(CNC(=O)OC(C)(C)C)N(O)C(=O)OC(C)(C)C. The molecule has 0 aromatic heterocycles. The van der Waals surface area contributed by atoms with Gasteiger partial charge in [0.25, 0.3) is 0 Å². The van der Waals surface area contributed by atoms with Gasteiger partial charge < -0.3 is 14.8 Å². The zero-order chi connectivity index (χ0) is 16.8. The summed E-state index contributed by atoms with van der Waals surface area (Å²) < 4.78 is 10.1. The molecule has 0 saturated carbocycles. The fourth-order valence-electron chi connectivity index (χ4n) is 1.22. The van der Waals surface area contributed by atoms with Gasteiger partial charge in [0.05, 0.1) is 6.04 Å². The maximum atomic E-state index is 11.7. The van der Waals surface area contributed by atoms with Crippen LogP contribution < -0.4 is 5.32 Å². The summed E-state index contributed by atoms with van der Waals surface area (Å²) in [7, 11) is 0. The number of ether oxygens (including phenoxy) is 2. The number of rotatable bonds is 4. The van der Waals surface area contributed by atoms with Crippen molar-refractivity contribution in [2.45, 2.75) is 58.8 Å². The Kier molecular flexibility index (Phi) is 6.69. The Labute approximate surface area is 125 Å². The molecule has 0 saturated heterocycles. The summed E-state index contributed by atoms with van der Waals surface area (Å²) in [5.41, 5.74) is -1.36. The highest BCUT2D eigenvalue weighted by atomic mass is 16.6. The van der Waals surface area contributed by atoms with Crippen LogP contribution in [0, 0.1) is 0 Å². The lowest BCUT2D eigenvalue weighted by molar-refractivity contribution is -0.109. The highest BCUT2D eigenvalue weighted by molar-refractivity contribution is 5.69. The summed E-state index contributed by atoms with van der Waals surface area (Å²) in [6.07, 6.45) is -0.244. The third-order valence-electron chi connectivity index (χ3n) is 2.02. The number of nitrogens with one attached hydrogen (secondary N) is 1. The van der Waals surface area contributed by atoms with Gasteiger partial charge in [-0.05, 0) is 41.5 Å². The van der Waals surface area contributed by atoms with Gasteiger partial charge in [-0.3, -0.25) is 5.21 Å². The predicted molar refractivity (Wildman–Crippen MR) is 78.1 cm³/mol. The molecule has 2 N–H and O–H groups in total. The zero-order valence-corrected chi connectivity index (χ0v) is 13.6. The summed E-state index contributed by atoms with van der Waals surface area (Å²) >= 11 is 0. The Morgan fingerprint density at radius 3 is 2.05 bits per heavy atom. The molecule has 122 valence electrons. The van der Waals surface area contributed by atoms with Crippen molar-refractivity contribution in [2.75, 3.05) is 6.54 Å². The van der Waals surface area contributed by atoms with E-state index in [0.717, 1.165) is 0 Å². The molecule has 2 amide bonds. The van der Waals surface area contributed by atoms with Crippen molar-refractivity contribution in [1.29, 1.82) is 0 Å². The fraction of sp³-hybridized carbons (Fsp3) is 0.714. The van der Waals surface area contributed by atoms with E-state index in [2.05, 4.69) is 11.9 Å². The van der Waals surface area contributed by atoms with Gasteiger partial charge in [0, 0.05) is 6.54 Å². The van der Waals surface area contributed by atoms with Crippen LogP contribution in [0.2, 0.25) is 0 Å². The second-order valence-electron chi connectivity index (χ2n) is 6.51. The minimum absolute atomic E-state index is 0.0475. The lowest BCUT2D eigenvalue weighted by atomic mass is 10.2. The molecule has 0 bridgehead atoms. The number of nitrogens with zero attached hydrogens (tertiary/aromatic N) is 1. The van der Waals surface area contributed by atoms with Crippen molar-refractivity contribution in [1.82, 2.24) is 10.4 Å². The van der Waals surface area contributed by atoms with Crippen LogP contribution in [0.1, 0.15) is 41.5 Å². The van der Waals surface area contributed by atoms with Gasteiger partial charge in [-0.1, -0.05) is 6.08 Å². The molecule has 0 aliphatic carbocycles. The van der Waals surface area contributed by atoms with Crippen molar-refractivity contribution in [2.24, 2.45) is 0 Å². The van der Waals surface area contributed by atoms with E-state index in [1.807, 2.05) is 0 Å². The summed E-state index contributed by atoms with van der Waals surface area (Å²) in [5.74, 6) is 0. The van der Waals surface area contributed by atoms with Gasteiger partial charge in [-0.25, -0.2) is 9.59 Å². The Balaban J connectivity index is 4.48. The topological polar surface area (TPSA) is 88.1 Å². The molecular weight excluding hydrogens is 276 g/mol. The summed E-state index contributed by atoms with van der Waals surface area (Å²) in [4.78, 5) is 23.2. The van der Waals surface area contributed by atoms with E-state index in [1.165, 1.54) is 6.08 Å². The fourth-order valence-corrected chi connectivity index (χ4v) is 1.22. The molecule has 0 aliphatic heterocycles. The monoisotopic (exact) mass is 302 g/mol. The van der Waals surface area contributed by atoms with E-state index < -0.39 is 29.4 Å². The van der Waals surface area contributed by atoms with Crippen LogP contribution in [0.25, 0.3) is 0 Å². The second-order valence-corrected chi connectivity index (χ2v) is 6.51. The molecule has 0 aromatic rings. The number of hydrogen-bond donors (Lipinski definition) is 2. The van der Waals surface area contributed by atoms with Crippen LogP contribution in [0.5, 0.6) is 0 Å². The van der Waals surface area contributed by atoms with Gasteiger partial charge in [0.1, 0.15) is 11.2 Å². The second kappa shape index (κ2) is 7.31. The molecule has 21 heavy (non-hydrogen) atoms. The van der Waals surface area contributed by atoms with E-state index >= 15 is 0 Å². The molecule has 1 atom stereocenters. The largest absolute Gasteiger partial charge is 0.444 e. The predicted octanol–water partition coefficient (Wildman–Crippen LogP) is 2.69. The highest BCUT2D eigenvalue weighted by Gasteiger charge is 2.26. The van der Waals surface area contributed by atoms with Gasteiger partial charge in [0.2, 0.25) is 0 Å². The van der Waals surface area contributed by atoms with Crippen LogP contribution in [-0.4, -0.2) is 46.2 Å². The molecule has 0 spiro atoms. The number of alkyl carbamates (subject to hydrolysis) is 1. The van der Waals surface area contributed by atoms with Crippen molar-refractivity contribution in [3.63, 3.8) is 0 Å². The van der Waals surface area contributed by atoms with Crippen LogP contribution in [-0.2, 0) is 9.47 Å². The van der Waals surface area contributed by atoms with Crippen LogP contribution in [0.4, 0.5) is 9.59 Å². The number of amides is 2. The van der Waals surface area contributed by atoms with Crippen LogP contribution >= 0.6 is 0 Å². The average Bonchev–Trinajstić information content (AvgIpc) is 2.24. The molecule has 0 radical (unpaired) electrons. The number of carbonyl (C=O) groups excluding carboxylic acids is 2. The maximum absolute atomic E-state index is 11.7. The molecule has 0 fully saturated rings. The minimum atomic E-state index is -0.918. The molecule has 1 unspecified atom stereocenters. The van der Waals surface area contributed by atoms with Crippen molar-refractivity contribution in [3.8, 4) is 0 Å². The number of hydroxylamine groups is 2. The molecule has 0 aromatic carbocycles. The molecule has 0 aliphatic rings. The summed E-state index contributed by atoms with van der Waals surface area (Å²) in [6, 6.07) is -0.827. The van der Waals surface area contributed by atoms with E-state index in [9.17, 15) is 14.8 Å². The highest BCUT2D eigenvalue weighted by Crippen LogP contribution is 2.11. The molecule has 7 nitrogen and oxygen atoms in total. The first kappa shape index (κ1) is 19.2. The Morgan fingerprint density at radius 1 is 1.19 bits per heavy atom. The minimum Gasteiger partial charge on any atom is -0.444 e. The third-order valence-corrected chi connectivity index (χ3v) is 2.02. The van der Waals surface area contributed by atoms with Gasteiger partial charge >= 0.3 is 12.2 Å². The zero-order valence-electron chi connectivity index (χ0n) is 13.6. The van der Waals surface area contributed by atoms with E-state index in [4.69, 9.17) is 9.47 Å². The average molecular weight is 302 g/mol. The lowest BCUT2D eigenvalue weighted by Gasteiger charge is -2.27. The standard InChI is InChI=1S/C14H26N2O5/c1-8-10(9-15-11(17)20-13(2,3)4)16(19)12(18)21-14(5,6)7/h8,10,19H,1,9H2,2-7H3,(H,15,17). The van der Waals surface area contributed by atoms with Crippen molar-refractivity contribution in [3.05, 3.63) is 12.7 Å². The normalized spacial score (nSPS) is 13.1.